The van der Waals surface area contributed by atoms with Crippen LogP contribution < -0.4 is 5.32 Å². The Labute approximate surface area is 182 Å². The number of nitrogens with one attached hydrogen (secondary N) is 1. The van der Waals surface area contributed by atoms with Gasteiger partial charge in [-0.2, -0.15) is 11.8 Å². The average Bonchev–Trinajstić information content (AvgIpc) is 2.67. The fraction of sp³-hybridized carbons (Fsp3) is 0.522. The number of carbonyl (C=O) groups is 3. The van der Waals surface area contributed by atoms with Gasteiger partial charge in [0.25, 0.3) is 0 Å². The van der Waals surface area contributed by atoms with E-state index in [1.54, 1.807) is 20.8 Å². The van der Waals surface area contributed by atoms with Gasteiger partial charge in [-0.3, -0.25) is 4.79 Å². The molecule has 7 heteroatoms. The van der Waals surface area contributed by atoms with Gasteiger partial charge < -0.3 is 14.8 Å². The molecule has 0 unspecified atom stereocenters. The second kappa shape index (κ2) is 10.7. The third kappa shape index (κ3) is 7.52. The number of carbonyl (C=O) groups excluding carboxylic acids is 3. The lowest BCUT2D eigenvalue weighted by Crippen LogP contribution is -2.46. The van der Waals surface area contributed by atoms with Gasteiger partial charge >= 0.3 is 12.1 Å². The van der Waals surface area contributed by atoms with Crippen molar-refractivity contribution in [3.05, 3.63) is 41.5 Å². The molecule has 2 rings (SSSR count). The van der Waals surface area contributed by atoms with Crippen LogP contribution in [-0.2, 0) is 19.1 Å². The molecule has 0 heterocycles. The van der Waals surface area contributed by atoms with Crippen molar-refractivity contribution in [1.29, 1.82) is 0 Å². The van der Waals surface area contributed by atoms with Crippen LogP contribution in [0.2, 0.25) is 0 Å². The van der Waals surface area contributed by atoms with Gasteiger partial charge in [0.15, 0.2) is 5.78 Å². The molecular weight excluding hydrogens is 402 g/mol. The maximum atomic E-state index is 12.7. The Morgan fingerprint density at radius 1 is 1.23 bits per heavy atom. The Morgan fingerprint density at radius 3 is 2.50 bits per heavy atom. The lowest BCUT2D eigenvalue weighted by Gasteiger charge is -2.30. The van der Waals surface area contributed by atoms with E-state index in [0.29, 0.717) is 18.6 Å². The van der Waals surface area contributed by atoms with E-state index in [1.807, 2.05) is 36.4 Å². The number of amides is 1. The number of alkyl carbamates (subject to hydrolysis) is 1. The zero-order valence-corrected chi connectivity index (χ0v) is 19.1. The summed E-state index contributed by atoms with van der Waals surface area (Å²) in [5.74, 6) is 0.172. The summed E-state index contributed by atoms with van der Waals surface area (Å²) in [4.78, 5) is 36.8. The van der Waals surface area contributed by atoms with Crippen LogP contribution in [0.15, 0.2) is 35.9 Å². The van der Waals surface area contributed by atoms with E-state index in [-0.39, 0.29) is 17.0 Å². The molecule has 1 saturated carbocycles. The van der Waals surface area contributed by atoms with E-state index >= 15 is 0 Å². The third-order valence-corrected chi connectivity index (χ3v) is 6.30. The number of esters is 1. The van der Waals surface area contributed by atoms with E-state index in [2.05, 4.69) is 12.2 Å². The first kappa shape index (κ1) is 24.0. The van der Waals surface area contributed by atoms with Crippen LogP contribution in [0.4, 0.5) is 4.79 Å². The summed E-state index contributed by atoms with van der Waals surface area (Å²) < 4.78 is 10.1. The highest BCUT2D eigenvalue weighted by Gasteiger charge is 2.32. The van der Waals surface area contributed by atoms with E-state index < -0.39 is 23.7 Å². The fourth-order valence-electron chi connectivity index (χ4n) is 3.20. The van der Waals surface area contributed by atoms with Gasteiger partial charge in [0, 0.05) is 17.4 Å². The van der Waals surface area contributed by atoms with E-state index in [0.717, 1.165) is 11.1 Å². The molecule has 0 aliphatic heterocycles. The maximum absolute atomic E-state index is 12.7. The molecule has 3 atom stereocenters. The number of allylic oxidation sites excluding steroid dienone is 1. The largest absolute Gasteiger partial charge is 0.467 e. The van der Waals surface area contributed by atoms with Crippen molar-refractivity contribution < 1.29 is 23.9 Å². The number of Topliss-reactive ketones (excluding diaryl/α,β-unsaturated/α-hetero) is 1. The van der Waals surface area contributed by atoms with Crippen LogP contribution in [0.1, 0.15) is 46.1 Å². The quantitative estimate of drug-likeness (QED) is 0.534. The first-order valence-electron chi connectivity index (χ1n) is 10.1. The average molecular weight is 434 g/mol. The molecule has 1 aliphatic rings. The number of thioether (sulfide) groups is 1. The second-order valence-corrected chi connectivity index (χ2v) is 9.75. The summed E-state index contributed by atoms with van der Waals surface area (Å²) in [7, 11) is 1.28. The van der Waals surface area contributed by atoms with E-state index in [4.69, 9.17) is 9.47 Å². The van der Waals surface area contributed by atoms with Crippen molar-refractivity contribution in [1.82, 2.24) is 5.32 Å². The lowest BCUT2D eigenvalue weighted by molar-refractivity contribution is -0.142. The molecule has 1 amide bonds. The fourth-order valence-corrected chi connectivity index (χ4v) is 4.55. The highest BCUT2D eigenvalue weighted by atomic mass is 32.2. The van der Waals surface area contributed by atoms with Gasteiger partial charge in [-0.15, -0.1) is 0 Å². The van der Waals surface area contributed by atoms with Crippen molar-refractivity contribution in [3.63, 3.8) is 0 Å². The zero-order chi connectivity index (χ0) is 22.3. The number of rotatable bonds is 6. The molecule has 164 valence electrons. The molecular formula is C23H31NO5S. The van der Waals surface area contributed by atoms with Crippen molar-refractivity contribution in [3.8, 4) is 0 Å². The normalized spacial score (nSPS) is 21.8. The van der Waals surface area contributed by atoms with Crippen LogP contribution in [0, 0.1) is 5.92 Å². The van der Waals surface area contributed by atoms with Gasteiger partial charge in [0.1, 0.15) is 11.6 Å². The van der Waals surface area contributed by atoms with Crippen LogP contribution in [0.3, 0.4) is 0 Å². The zero-order valence-electron chi connectivity index (χ0n) is 18.3. The van der Waals surface area contributed by atoms with E-state index in [9.17, 15) is 14.4 Å². The number of hydrogen-bond acceptors (Lipinski definition) is 6. The van der Waals surface area contributed by atoms with Crippen molar-refractivity contribution in [2.75, 3.05) is 12.9 Å². The van der Waals surface area contributed by atoms with Crippen molar-refractivity contribution in [2.45, 2.75) is 57.4 Å². The summed E-state index contributed by atoms with van der Waals surface area (Å²) in [5, 5.41) is 2.65. The maximum Gasteiger partial charge on any atom is 0.408 e. The predicted octanol–water partition coefficient (Wildman–Crippen LogP) is 4.24. The Morgan fingerprint density at radius 2 is 1.90 bits per heavy atom. The van der Waals surface area contributed by atoms with Gasteiger partial charge in [-0.05, 0) is 50.3 Å². The number of ketones is 1. The van der Waals surface area contributed by atoms with Crippen LogP contribution >= 0.6 is 11.8 Å². The molecule has 30 heavy (non-hydrogen) atoms. The monoisotopic (exact) mass is 433 g/mol. The molecule has 0 bridgehead atoms. The number of hydrogen-bond donors (Lipinski definition) is 1. The number of methoxy groups -OCH3 is 1. The first-order valence-corrected chi connectivity index (χ1v) is 11.1. The summed E-state index contributed by atoms with van der Waals surface area (Å²) in [5.41, 5.74) is 1.19. The van der Waals surface area contributed by atoms with Crippen LogP contribution in [0.25, 0.3) is 6.08 Å². The van der Waals surface area contributed by atoms with Gasteiger partial charge in [0.2, 0.25) is 0 Å². The predicted molar refractivity (Wildman–Crippen MR) is 119 cm³/mol. The summed E-state index contributed by atoms with van der Waals surface area (Å²) in [6.45, 7) is 7.37. The molecule has 1 aromatic rings. The Kier molecular flexibility index (Phi) is 8.53. The lowest BCUT2D eigenvalue weighted by atomic mass is 9.84. The molecule has 1 aromatic carbocycles. The van der Waals surface area contributed by atoms with Gasteiger partial charge in [-0.1, -0.05) is 37.3 Å². The third-order valence-electron chi connectivity index (χ3n) is 4.72. The molecule has 1 N–H and O–H groups in total. The standard InChI is InChI=1S/C23H31NO5S/c1-15-11-17(12-16-9-7-6-8-10-16)19(25)13-20(15)30-14-18(21(26)28-5)24-22(27)29-23(2,3)4/h6-10,12,15,18,20H,11,13-14H2,1-5H3,(H,24,27)/b17-12+/t15-,18+,20-/m1/s1. The van der Waals surface area contributed by atoms with Crippen LogP contribution in [-0.4, -0.2) is 47.6 Å². The number of benzene rings is 1. The minimum atomic E-state index is -0.835. The van der Waals surface area contributed by atoms with Gasteiger partial charge in [-0.25, -0.2) is 9.59 Å². The molecule has 0 spiro atoms. The van der Waals surface area contributed by atoms with E-state index in [1.165, 1.54) is 18.9 Å². The highest BCUT2D eigenvalue weighted by molar-refractivity contribution is 8.00. The molecule has 6 nitrogen and oxygen atoms in total. The Balaban J connectivity index is 1.97. The van der Waals surface area contributed by atoms with Gasteiger partial charge in [0.05, 0.1) is 7.11 Å². The second-order valence-electron chi connectivity index (χ2n) is 8.48. The topological polar surface area (TPSA) is 81.7 Å². The Bertz CT molecular complexity index is 785. The first-order chi connectivity index (χ1) is 14.1. The summed E-state index contributed by atoms with van der Waals surface area (Å²) in [6.07, 6.45) is 2.39. The smallest absolute Gasteiger partial charge is 0.408 e. The summed E-state index contributed by atoms with van der Waals surface area (Å²) >= 11 is 1.51. The molecule has 1 aliphatic carbocycles. The van der Waals surface area contributed by atoms with Crippen molar-refractivity contribution >= 4 is 35.7 Å². The minimum absolute atomic E-state index is 0.0676. The summed E-state index contributed by atoms with van der Waals surface area (Å²) in [6, 6.07) is 8.98. The molecule has 0 radical (unpaired) electrons. The highest BCUT2D eigenvalue weighted by Crippen LogP contribution is 2.35. The molecule has 1 fully saturated rings. The molecule has 0 saturated heterocycles. The van der Waals surface area contributed by atoms with Crippen molar-refractivity contribution in [2.24, 2.45) is 5.92 Å². The minimum Gasteiger partial charge on any atom is -0.467 e. The number of ether oxygens (including phenoxy) is 2. The van der Waals surface area contributed by atoms with Crippen LogP contribution in [0.5, 0.6) is 0 Å². The SMILES string of the molecule is COC(=O)[C@H](CS[C@@H]1CC(=O)/C(=C/c2ccccc2)C[C@H]1C)NC(=O)OC(C)(C)C. The molecule has 0 aromatic heterocycles. The Hall–Kier alpha value is -2.28.